The fraction of sp³-hybridized carbons (Fsp3) is 0.714. The van der Waals surface area contributed by atoms with E-state index in [0.29, 0.717) is 12.5 Å². The first-order valence-electron chi connectivity index (χ1n) is 6.89. The molecule has 0 amide bonds. The van der Waals surface area contributed by atoms with Gasteiger partial charge in [-0.15, -0.1) is 0 Å². The van der Waals surface area contributed by atoms with Crippen LogP contribution >= 0.6 is 0 Å². The van der Waals surface area contributed by atoms with Crippen molar-refractivity contribution < 1.29 is 4.74 Å². The van der Waals surface area contributed by atoms with Gasteiger partial charge in [0.15, 0.2) is 0 Å². The van der Waals surface area contributed by atoms with Crippen LogP contribution in [-0.2, 0) is 4.74 Å². The van der Waals surface area contributed by atoms with Crippen LogP contribution in [0.3, 0.4) is 0 Å². The number of hydrogen-bond donors (Lipinski definition) is 2. The molecule has 0 aliphatic carbocycles. The van der Waals surface area contributed by atoms with Gasteiger partial charge in [0, 0.05) is 25.8 Å². The second kappa shape index (κ2) is 7.94. The second-order valence-electron chi connectivity index (χ2n) is 5.06. The van der Waals surface area contributed by atoms with E-state index in [1.54, 1.807) is 0 Å². The lowest BCUT2D eigenvalue weighted by Gasteiger charge is -2.13. The Hall–Kier alpha value is -1.36. The third-order valence-electron chi connectivity index (χ3n) is 2.87. The Morgan fingerprint density at radius 2 is 1.79 bits per heavy atom. The Labute approximate surface area is 116 Å². The standard InChI is InChI=1S/C14H26N4O/c1-10(2)6-8-19-9-7-16-14-11(3)13(15-5)17-12(4)18-14/h10H,6-9H2,1-5H3,(H2,15,16,17,18). The fourth-order valence-electron chi connectivity index (χ4n) is 1.71. The van der Waals surface area contributed by atoms with Gasteiger partial charge in [-0.1, -0.05) is 13.8 Å². The van der Waals surface area contributed by atoms with Crippen LogP contribution in [0.2, 0.25) is 0 Å². The average Bonchev–Trinajstić information content (AvgIpc) is 2.36. The number of aryl methyl sites for hydroxylation is 1. The molecule has 0 radical (unpaired) electrons. The third-order valence-corrected chi connectivity index (χ3v) is 2.87. The number of ether oxygens (including phenoxy) is 1. The zero-order valence-corrected chi connectivity index (χ0v) is 12.7. The lowest BCUT2D eigenvalue weighted by atomic mass is 10.1. The maximum atomic E-state index is 5.57. The summed E-state index contributed by atoms with van der Waals surface area (Å²) in [6.07, 6.45) is 1.11. The number of nitrogens with zero attached hydrogens (tertiary/aromatic N) is 2. The van der Waals surface area contributed by atoms with Crippen LogP contribution in [0, 0.1) is 19.8 Å². The number of aromatic nitrogens is 2. The predicted octanol–water partition coefficient (Wildman–Crippen LogP) is 2.61. The van der Waals surface area contributed by atoms with E-state index in [1.807, 2.05) is 20.9 Å². The highest BCUT2D eigenvalue weighted by Crippen LogP contribution is 2.18. The lowest BCUT2D eigenvalue weighted by molar-refractivity contribution is 0.132. The topological polar surface area (TPSA) is 59.1 Å². The molecule has 0 aliphatic rings. The van der Waals surface area contributed by atoms with E-state index in [-0.39, 0.29) is 0 Å². The highest BCUT2D eigenvalue weighted by atomic mass is 16.5. The van der Waals surface area contributed by atoms with Crippen molar-refractivity contribution in [2.24, 2.45) is 5.92 Å². The van der Waals surface area contributed by atoms with Crippen molar-refractivity contribution in [1.29, 1.82) is 0 Å². The first kappa shape index (κ1) is 15.7. The molecule has 0 aliphatic heterocycles. The van der Waals surface area contributed by atoms with E-state index >= 15 is 0 Å². The quantitative estimate of drug-likeness (QED) is 0.708. The van der Waals surface area contributed by atoms with Gasteiger partial charge < -0.3 is 15.4 Å². The largest absolute Gasteiger partial charge is 0.380 e. The van der Waals surface area contributed by atoms with Gasteiger partial charge in [0.05, 0.1) is 6.61 Å². The Kier molecular flexibility index (Phi) is 6.56. The van der Waals surface area contributed by atoms with E-state index in [1.165, 1.54) is 0 Å². The van der Waals surface area contributed by atoms with Crippen molar-refractivity contribution >= 4 is 11.6 Å². The zero-order valence-electron chi connectivity index (χ0n) is 12.7. The third kappa shape index (κ3) is 5.42. The van der Waals surface area contributed by atoms with Crippen LogP contribution in [0.15, 0.2) is 0 Å². The van der Waals surface area contributed by atoms with Crippen LogP contribution in [-0.4, -0.2) is 36.8 Å². The molecular formula is C14H26N4O. The molecule has 108 valence electrons. The van der Waals surface area contributed by atoms with Crippen molar-refractivity contribution in [3.8, 4) is 0 Å². The summed E-state index contributed by atoms with van der Waals surface area (Å²) in [6, 6.07) is 0. The fourth-order valence-corrected chi connectivity index (χ4v) is 1.71. The summed E-state index contributed by atoms with van der Waals surface area (Å²) < 4.78 is 5.57. The molecule has 0 unspecified atom stereocenters. The Bertz CT molecular complexity index is 393. The second-order valence-corrected chi connectivity index (χ2v) is 5.06. The van der Waals surface area contributed by atoms with Crippen molar-refractivity contribution in [3.05, 3.63) is 11.4 Å². The minimum Gasteiger partial charge on any atom is -0.380 e. The number of rotatable bonds is 8. The molecule has 0 saturated carbocycles. The maximum absolute atomic E-state index is 5.57. The van der Waals surface area contributed by atoms with Gasteiger partial charge in [-0.25, -0.2) is 9.97 Å². The molecule has 1 aromatic heterocycles. The van der Waals surface area contributed by atoms with E-state index < -0.39 is 0 Å². The summed E-state index contributed by atoms with van der Waals surface area (Å²) >= 11 is 0. The molecule has 0 aromatic carbocycles. The van der Waals surface area contributed by atoms with Crippen molar-refractivity contribution in [1.82, 2.24) is 9.97 Å². The Morgan fingerprint density at radius 1 is 1.11 bits per heavy atom. The SMILES string of the molecule is CNc1nc(C)nc(NCCOCCC(C)C)c1C. The van der Waals surface area contributed by atoms with E-state index in [9.17, 15) is 0 Å². The van der Waals surface area contributed by atoms with Crippen LogP contribution in [0.25, 0.3) is 0 Å². The molecule has 0 bridgehead atoms. The van der Waals surface area contributed by atoms with Crippen molar-refractivity contribution in [2.75, 3.05) is 37.4 Å². The molecule has 5 nitrogen and oxygen atoms in total. The van der Waals surface area contributed by atoms with Gasteiger partial charge in [-0.2, -0.15) is 0 Å². The smallest absolute Gasteiger partial charge is 0.134 e. The Morgan fingerprint density at radius 3 is 2.42 bits per heavy atom. The van der Waals surface area contributed by atoms with Crippen molar-refractivity contribution in [3.63, 3.8) is 0 Å². The summed E-state index contributed by atoms with van der Waals surface area (Å²) in [6.45, 7) is 10.6. The molecule has 1 rings (SSSR count). The molecule has 0 spiro atoms. The molecule has 0 fully saturated rings. The van der Waals surface area contributed by atoms with Crippen molar-refractivity contribution in [2.45, 2.75) is 34.1 Å². The molecular weight excluding hydrogens is 240 g/mol. The van der Waals surface area contributed by atoms with Gasteiger partial charge in [0.1, 0.15) is 17.5 Å². The van der Waals surface area contributed by atoms with Crippen LogP contribution in [0.4, 0.5) is 11.6 Å². The van der Waals surface area contributed by atoms with E-state index in [2.05, 4.69) is 34.4 Å². The van der Waals surface area contributed by atoms with E-state index in [4.69, 9.17) is 4.74 Å². The summed E-state index contributed by atoms with van der Waals surface area (Å²) in [5.41, 5.74) is 1.04. The van der Waals surface area contributed by atoms with E-state index in [0.717, 1.165) is 42.6 Å². The zero-order chi connectivity index (χ0) is 14.3. The van der Waals surface area contributed by atoms with Gasteiger partial charge in [-0.05, 0) is 26.2 Å². The summed E-state index contributed by atoms with van der Waals surface area (Å²) in [4.78, 5) is 8.75. The maximum Gasteiger partial charge on any atom is 0.134 e. The number of hydrogen-bond acceptors (Lipinski definition) is 5. The molecule has 5 heteroatoms. The minimum atomic E-state index is 0.693. The normalized spacial score (nSPS) is 10.8. The first-order chi connectivity index (χ1) is 9.04. The first-order valence-corrected chi connectivity index (χ1v) is 6.89. The van der Waals surface area contributed by atoms with Crippen LogP contribution in [0.5, 0.6) is 0 Å². The summed E-state index contributed by atoms with van der Waals surface area (Å²) in [5.74, 6) is 3.20. The number of nitrogens with one attached hydrogen (secondary N) is 2. The molecule has 0 atom stereocenters. The van der Waals surface area contributed by atoms with Crippen LogP contribution < -0.4 is 10.6 Å². The molecule has 19 heavy (non-hydrogen) atoms. The molecule has 1 aromatic rings. The molecule has 2 N–H and O–H groups in total. The van der Waals surface area contributed by atoms with Gasteiger partial charge in [0.2, 0.25) is 0 Å². The summed E-state index contributed by atoms with van der Waals surface area (Å²) in [5, 5.41) is 6.38. The van der Waals surface area contributed by atoms with Gasteiger partial charge >= 0.3 is 0 Å². The number of anilines is 2. The highest BCUT2D eigenvalue weighted by molar-refractivity contribution is 5.56. The lowest BCUT2D eigenvalue weighted by Crippen LogP contribution is -2.14. The summed E-state index contributed by atoms with van der Waals surface area (Å²) in [7, 11) is 1.87. The molecule has 0 saturated heterocycles. The Balaban J connectivity index is 2.39. The van der Waals surface area contributed by atoms with Gasteiger partial charge in [-0.3, -0.25) is 0 Å². The average molecular weight is 266 g/mol. The van der Waals surface area contributed by atoms with Crippen LogP contribution in [0.1, 0.15) is 31.7 Å². The highest BCUT2D eigenvalue weighted by Gasteiger charge is 2.07. The predicted molar refractivity (Wildman–Crippen MR) is 79.8 cm³/mol. The van der Waals surface area contributed by atoms with Gasteiger partial charge in [0.25, 0.3) is 0 Å². The monoisotopic (exact) mass is 266 g/mol. The molecule has 1 heterocycles. The minimum absolute atomic E-state index is 0.693.